The lowest BCUT2D eigenvalue weighted by Crippen LogP contribution is -2.10. The summed E-state index contributed by atoms with van der Waals surface area (Å²) < 4.78 is 13.7. The average Bonchev–Trinajstić information content (AvgIpc) is 2.39. The van der Waals surface area contributed by atoms with Crippen molar-refractivity contribution in [1.82, 2.24) is 0 Å². The minimum Gasteiger partial charge on any atom is -0.508 e. The van der Waals surface area contributed by atoms with Crippen molar-refractivity contribution in [1.29, 1.82) is 0 Å². The van der Waals surface area contributed by atoms with Crippen LogP contribution >= 0.6 is 15.9 Å². The molecular weight excluding hydrogens is 309 g/mol. The van der Waals surface area contributed by atoms with E-state index < -0.39 is 0 Å². The van der Waals surface area contributed by atoms with Crippen LogP contribution in [-0.4, -0.2) is 5.11 Å². The molecule has 0 radical (unpaired) electrons. The molecule has 0 aliphatic heterocycles. The molecule has 0 aliphatic carbocycles. The number of benzene rings is 2. The van der Waals surface area contributed by atoms with E-state index in [-0.39, 0.29) is 17.6 Å². The molecule has 0 spiro atoms. The van der Waals surface area contributed by atoms with Gasteiger partial charge in [0.2, 0.25) is 0 Å². The smallest absolute Gasteiger partial charge is 0.124 e. The fourth-order valence-electron chi connectivity index (χ4n) is 1.98. The maximum absolute atomic E-state index is 13.1. The van der Waals surface area contributed by atoms with Gasteiger partial charge < -0.3 is 10.4 Å². The van der Waals surface area contributed by atoms with Crippen LogP contribution in [0.25, 0.3) is 0 Å². The van der Waals surface area contributed by atoms with Crippen molar-refractivity contribution in [2.45, 2.75) is 19.4 Å². The Bertz CT molecular complexity index is 574. The summed E-state index contributed by atoms with van der Waals surface area (Å²) in [5.41, 5.74) is 1.64. The molecule has 2 aromatic carbocycles. The Kier molecular flexibility index (Phi) is 4.43. The van der Waals surface area contributed by atoms with Crippen LogP contribution in [0, 0.1) is 5.82 Å². The van der Waals surface area contributed by atoms with Gasteiger partial charge in [-0.25, -0.2) is 4.39 Å². The molecule has 2 aromatic rings. The van der Waals surface area contributed by atoms with Gasteiger partial charge in [-0.1, -0.05) is 25.1 Å². The van der Waals surface area contributed by atoms with Crippen molar-refractivity contribution in [2.75, 3.05) is 5.32 Å². The summed E-state index contributed by atoms with van der Waals surface area (Å²) >= 11 is 3.33. The zero-order valence-corrected chi connectivity index (χ0v) is 12.1. The molecule has 2 nitrogen and oxygen atoms in total. The fraction of sp³-hybridized carbons (Fsp3) is 0.200. The van der Waals surface area contributed by atoms with Gasteiger partial charge in [0.25, 0.3) is 0 Å². The third kappa shape index (κ3) is 3.26. The van der Waals surface area contributed by atoms with Crippen molar-refractivity contribution in [2.24, 2.45) is 0 Å². The predicted molar refractivity (Wildman–Crippen MR) is 78.9 cm³/mol. The first-order chi connectivity index (χ1) is 9.11. The third-order valence-electron chi connectivity index (χ3n) is 2.98. The van der Waals surface area contributed by atoms with Crippen LogP contribution in [0.15, 0.2) is 46.9 Å². The van der Waals surface area contributed by atoms with Crippen molar-refractivity contribution in [3.8, 4) is 5.75 Å². The maximum atomic E-state index is 13.1. The number of rotatable bonds is 4. The van der Waals surface area contributed by atoms with Crippen molar-refractivity contribution < 1.29 is 9.50 Å². The van der Waals surface area contributed by atoms with Gasteiger partial charge in [-0.15, -0.1) is 0 Å². The van der Waals surface area contributed by atoms with Gasteiger partial charge in [0.1, 0.15) is 11.6 Å². The van der Waals surface area contributed by atoms with Crippen LogP contribution in [-0.2, 0) is 0 Å². The normalized spacial score (nSPS) is 12.2. The van der Waals surface area contributed by atoms with Crippen LogP contribution < -0.4 is 5.32 Å². The first-order valence-electron chi connectivity index (χ1n) is 6.11. The zero-order valence-electron chi connectivity index (χ0n) is 10.5. The molecule has 0 heterocycles. The molecule has 2 N–H and O–H groups in total. The number of halogens is 2. The summed E-state index contributed by atoms with van der Waals surface area (Å²) in [5, 5.41) is 13.2. The van der Waals surface area contributed by atoms with E-state index in [0.29, 0.717) is 4.47 Å². The molecule has 0 aliphatic rings. The molecule has 0 bridgehead atoms. The summed E-state index contributed by atoms with van der Waals surface area (Å²) in [7, 11) is 0. The minimum absolute atomic E-state index is 0.0250. The van der Waals surface area contributed by atoms with E-state index in [2.05, 4.69) is 21.2 Å². The average molecular weight is 324 g/mol. The Morgan fingerprint density at radius 1 is 1.26 bits per heavy atom. The Balaban J connectivity index is 2.27. The van der Waals surface area contributed by atoms with Crippen LogP contribution in [0.2, 0.25) is 0 Å². The standard InChI is InChI=1S/C15H15BrFNO/c1-2-13(11-5-3-4-6-15(11)19)18-14-8-7-10(17)9-12(14)16/h3-9,13,18-19H,2H2,1H3. The highest BCUT2D eigenvalue weighted by Crippen LogP contribution is 2.32. The van der Waals surface area contributed by atoms with Gasteiger partial charge >= 0.3 is 0 Å². The molecule has 0 amide bonds. The predicted octanol–water partition coefficient (Wildman–Crippen LogP) is 4.86. The highest BCUT2D eigenvalue weighted by atomic mass is 79.9. The summed E-state index contributed by atoms with van der Waals surface area (Å²) in [6.07, 6.45) is 0.807. The first kappa shape index (κ1) is 13.9. The van der Waals surface area contributed by atoms with Crippen LogP contribution in [0.5, 0.6) is 5.75 Å². The van der Waals surface area contributed by atoms with Crippen LogP contribution in [0.4, 0.5) is 10.1 Å². The second-order valence-electron chi connectivity index (χ2n) is 4.29. The van der Waals surface area contributed by atoms with E-state index in [4.69, 9.17) is 0 Å². The SMILES string of the molecule is CCC(Nc1ccc(F)cc1Br)c1ccccc1O. The Morgan fingerprint density at radius 2 is 2.00 bits per heavy atom. The van der Waals surface area contributed by atoms with E-state index in [1.54, 1.807) is 18.2 Å². The summed E-state index contributed by atoms with van der Waals surface area (Å²) in [6.45, 7) is 2.03. The highest BCUT2D eigenvalue weighted by molar-refractivity contribution is 9.10. The fourth-order valence-corrected chi connectivity index (χ4v) is 2.44. The van der Waals surface area contributed by atoms with Gasteiger partial charge in [0.05, 0.1) is 6.04 Å². The Labute approximate surface area is 120 Å². The number of para-hydroxylation sites is 1. The van der Waals surface area contributed by atoms with E-state index in [1.807, 2.05) is 19.1 Å². The van der Waals surface area contributed by atoms with Gasteiger partial charge in [0.15, 0.2) is 0 Å². The van der Waals surface area contributed by atoms with Crippen LogP contribution in [0.1, 0.15) is 24.9 Å². The number of phenolic OH excluding ortho intramolecular Hbond substituents is 1. The molecule has 2 rings (SSSR count). The van der Waals surface area contributed by atoms with Gasteiger partial charge in [-0.3, -0.25) is 0 Å². The van der Waals surface area contributed by atoms with Gasteiger partial charge in [-0.2, -0.15) is 0 Å². The van der Waals surface area contributed by atoms with E-state index in [1.165, 1.54) is 12.1 Å². The summed E-state index contributed by atoms with van der Waals surface area (Å²) in [4.78, 5) is 0. The molecule has 0 fully saturated rings. The van der Waals surface area contributed by atoms with Crippen LogP contribution in [0.3, 0.4) is 0 Å². The number of anilines is 1. The van der Waals surface area contributed by atoms with Crippen molar-refractivity contribution >= 4 is 21.6 Å². The highest BCUT2D eigenvalue weighted by Gasteiger charge is 2.14. The minimum atomic E-state index is -0.284. The number of hydrogen-bond donors (Lipinski definition) is 2. The lowest BCUT2D eigenvalue weighted by Gasteiger charge is -2.20. The molecule has 0 saturated carbocycles. The van der Waals surface area contributed by atoms with Crippen molar-refractivity contribution in [3.63, 3.8) is 0 Å². The Hall–Kier alpha value is -1.55. The quantitative estimate of drug-likeness (QED) is 0.842. The number of hydrogen-bond acceptors (Lipinski definition) is 2. The molecule has 0 aromatic heterocycles. The van der Waals surface area contributed by atoms with E-state index in [9.17, 15) is 9.50 Å². The molecule has 1 atom stereocenters. The van der Waals surface area contributed by atoms with Crippen molar-refractivity contribution in [3.05, 3.63) is 58.3 Å². The molecular formula is C15H15BrFNO. The maximum Gasteiger partial charge on any atom is 0.124 e. The molecule has 19 heavy (non-hydrogen) atoms. The molecule has 100 valence electrons. The molecule has 1 unspecified atom stereocenters. The van der Waals surface area contributed by atoms with Gasteiger partial charge in [-0.05, 0) is 46.6 Å². The monoisotopic (exact) mass is 323 g/mol. The molecule has 0 saturated heterocycles. The summed E-state index contributed by atoms with van der Waals surface area (Å²) in [5.74, 6) is -0.0203. The topological polar surface area (TPSA) is 32.3 Å². The number of phenols is 1. The third-order valence-corrected chi connectivity index (χ3v) is 3.64. The van der Waals surface area contributed by atoms with Gasteiger partial charge in [0, 0.05) is 15.7 Å². The molecule has 4 heteroatoms. The summed E-state index contributed by atoms with van der Waals surface area (Å²) in [6, 6.07) is 11.7. The van der Waals surface area contributed by atoms with E-state index in [0.717, 1.165) is 17.7 Å². The second kappa shape index (κ2) is 6.06. The zero-order chi connectivity index (χ0) is 13.8. The second-order valence-corrected chi connectivity index (χ2v) is 5.14. The number of nitrogens with one attached hydrogen (secondary N) is 1. The first-order valence-corrected chi connectivity index (χ1v) is 6.90. The lowest BCUT2D eigenvalue weighted by atomic mass is 10.0. The lowest BCUT2D eigenvalue weighted by molar-refractivity contribution is 0.462. The number of aromatic hydroxyl groups is 1. The largest absolute Gasteiger partial charge is 0.508 e. The Morgan fingerprint density at radius 3 is 2.63 bits per heavy atom. The van der Waals surface area contributed by atoms with E-state index >= 15 is 0 Å².